The van der Waals surface area contributed by atoms with Crippen molar-refractivity contribution in [2.45, 2.75) is 46.1 Å². The van der Waals surface area contributed by atoms with Crippen molar-refractivity contribution in [2.24, 2.45) is 0 Å². The molecule has 0 saturated heterocycles. The van der Waals surface area contributed by atoms with Crippen molar-refractivity contribution in [3.8, 4) is 0 Å². The third-order valence-electron chi connectivity index (χ3n) is 3.11. The van der Waals surface area contributed by atoms with Crippen LogP contribution in [-0.4, -0.2) is 21.0 Å². The van der Waals surface area contributed by atoms with Gasteiger partial charge in [0.05, 0.1) is 0 Å². The first-order chi connectivity index (χ1) is 9.54. The fraction of sp³-hybridized carbons (Fsp3) is 0.438. The molecule has 0 spiro atoms. The zero-order valence-electron chi connectivity index (χ0n) is 12.6. The first-order valence-corrected chi connectivity index (χ1v) is 7.05. The number of aromatic nitrogens is 3. The number of anilines is 1. The van der Waals surface area contributed by atoms with Crippen LogP contribution in [0.3, 0.4) is 0 Å². The predicted octanol–water partition coefficient (Wildman–Crippen LogP) is 3.35. The third-order valence-corrected chi connectivity index (χ3v) is 3.11. The van der Waals surface area contributed by atoms with Crippen LogP contribution < -0.4 is 5.32 Å². The quantitative estimate of drug-likeness (QED) is 0.905. The van der Waals surface area contributed by atoms with Gasteiger partial charge in [-0.2, -0.15) is 0 Å². The molecule has 0 aliphatic heterocycles. The van der Waals surface area contributed by atoms with Gasteiger partial charge in [0.1, 0.15) is 11.6 Å². The highest BCUT2D eigenvalue weighted by Crippen LogP contribution is 2.16. The van der Waals surface area contributed by atoms with Crippen molar-refractivity contribution in [2.75, 3.05) is 5.32 Å². The smallest absolute Gasteiger partial charge is 0.130 e. The molecule has 106 valence electrons. The van der Waals surface area contributed by atoms with Gasteiger partial charge in [0.15, 0.2) is 0 Å². The van der Waals surface area contributed by atoms with Crippen LogP contribution in [0, 0.1) is 6.92 Å². The van der Waals surface area contributed by atoms with Gasteiger partial charge in [0, 0.05) is 30.2 Å². The highest BCUT2D eigenvalue weighted by Gasteiger charge is 2.08. The zero-order chi connectivity index (χ0) is 14.5. The number of pyridine rings is 1. The van der Waals surface area contributed by atoms with Gasteiger partial charge in [0.25, 0.3) is 0 Å². The Labute approximate surface area is 120 Å². The summed E-state index contributed by atoms with van der Waals surface area (Å²) >= 11 is 0. The summed E-state index contributed by atoms with van der Waals surface area (Å²) in [6, 6.07) is 6.40. The predicted molar refractivity (Wildman–Crippen MR) is 81.9 cm³/mol. The molecule has 2 rings (SSSR count). The van der Waals surface area contributed by atoms with E-state index in [4.69, 9.17) is 0 Å². The van der Waals surface area contributed by atoms with E-state index in [0.29, 0.717) is 12.0 Å². The number of nitrogens with zero attached hydrogens (tertiary/aromatic N) is 3. The minimum Gasteiger partial charge on any atom is -0.367 e. The molecule has 0 amide bonds. The monoisotopic (exact) mass is 270 g/mol. The molecule has 0 bridgehead atoms. The van der Waals surface area contributed by atoms with Crippen LogP contribution in [0.5, 0.6) is 0 Å². The molecule has 0 unspecified atom stereocenters. The fourth-order valence-corrected chi connectivity index (χ4v) is 2.14. The Hall–Kier alpha value is -1.97. The topological polar surface area (TPSA) is 50.7 Å². The summed E-state index contributed by atoms with van der Waals surface area (Å²) in [4.78, 5) is 13.1. The average Bonchev–Trinajstić information content (AvgIpc) is 2.38. The third kappa shape index (κ3) is 4.02. The van der Waals surface area contributed by atoms with Crippen molar-refractivity contribution >= 4 is 5.82 Å². The maximum Gasteiger partial charge on any atom is 0.130 e. The van der Waals surface area contributed by atoms with Crippen LogP contribution in [0.1, 0.15) is 43.8 Å². The molecule has 0 radical (unpaired) electrons. The van der Waals surface area contributed by atoms with Crippen molar-refractivity contribution in [1.29, 1.82) is 0 Å². The Morgan fingerprint density at radius 3 is 2.65 bits per heavy atom. The zero-order valence-corrected chi connectivity index (χ0v) is 12.6. The van der Waals surface area contributed by atoms with E-state index < -0.39 is 0 Å². The van der Waals surface area contributed by atoms with Gasteiger partial charge in [-0.15, -0.1) is 0 Å². The first kappa shape index (κ1) is 14.4. The number of nitrogens with one attached hydrogen (secondary N) is 1. The van der Waals surface area contributed by atoms with Gasteiger partial charge < -0.3 is 5.32 Å². The number of aryl methyl sites for hydroxylation is 1. The van der Waals surface area contributed by atoms with Gasteiger partial charge in [-0.25, -0.2) is 9.97 Å². The van der Waals surface area contributed by atoms with E-state index in [0.717, 1.165) is 23.8 Å². The van der Waals surface area contributed by atoms with E-state index in [1.165, 1.54) is 5.56 Å². The number of hydrogen-bond donors (Lipinski definition) is 1. The highest BCUT2D eigenvalue weighted by atomic mass is 15.0. The summed E-state index contributed by atoms with van der Waals surface area (Å²) < 4.78 is 0. The Morgan fingerprint density at radius 2 is 2.00 bits per heavy atom. The van der Waals surface area contributed by atoms with E-state index in [1.54, 1.807) is 6.20 Å². The summed E-state index contributed by atoms with van der Waals surface area (Å²) in [5.74, 6) is 2.12. The van der Waals surface area contributed by atoms with Crippen LogP contribution in [0.15, 0.2) is 30.6 Å². The molecule has 0 aromatic carbocycles. The molecule has 1 atom stereocenters. The van der Waals surface area contributed by atoms with E-state index in [-0.39, 0.29) is 0 Å². The van der Waals surface area contributed by atoms with E-state index in [1.807, 2.05) is 25.3 Å². The first-order valence-electron chi connectivity index (χ1n) is 7.05. The Kier molecular flexibility index (Phi) is 4.66. The van der Waals surface area contributed by atoms with Gasteiger partial charge in [-0.3, -0.25) is 4.98 Å². The molecule has 0 saturated carbocycles. The molecule has 4 heteroatoms. The van der Waals surface area contributed by atoms with Crippen LogP contribution in [0.4, 0.5) is 5.82 Å². The van der Waals surface area contributed by atoms with Crippen molar-refractivity contribution in [3.05, 3.63) is 47.7 Å². The second kappa shape index (κ2) is 6.46. The fourth-order valence-electron chi connectivity index (χ4n) is 2.14. The lowest BCUT2D eigenvalue weighted by molar-refractivity contribution is 0.766. The molecule has 0 fully saturated rings. The van der Waals surface area contributed by atoms with Crippen molar-refractivity contribution in [1.82, 2.24) is 15.0 Å². The molecular weight excluding hydrogens is 248 g/mol. The molecular formula is C16H22N4. The second-order valence-electron chi connectivity index (χ2n) is 5.49. The molecule has 2 aromatic rings. The van der Waals surface area contributed by atoms with Crippen LogP contribution in [-0.2, 0) is 6.42 Å². The lowest BCUT2D eigenvalue weighted by Crippen LogP contribution is -2.19. The molecule has 0 aliphatic rings. The van der Waals surface area contributed by atoms with E-state index in [9.17, 15) is 0 Å². The minimum absolute atomic E-state index is 0.300. The Bertz CT molecular complexity index is 552. The minimum atomic E-state index is 0.300. The summed E-state index contributed by atoms with van der Waals surface area (Å²) in [7, 11) is 0. The summed E-state index contributed by atoms with van der Waals surface area (Å²) in [5.41, 5.74) is 2.30. The summed E-state index contributed by atoms with van der Waals surface area (Å²) in [6.45, 7) is 8.37. The van der Waals surface area contributed by atoms with Crippen LogP contribution in [0.25, 0.3) is 0 Å². The van der Waals surface area contributed by atoms with Crippen LogP contribution >= 0.6 is 0 Å². The largest absolute Gasteiger partial charge is 0.367 e. The average molecular weight is 270 g/mol. The lowest BCUT2D eigenvalue weighted by Gasteiger charge is -2.16. The SMILES string of the molecule is Cc1nc(N[C@@H](C)Cc2cccnc2)cc(C(C)C)n1. The molecule has 2 heterocycles. The molecule has 2 aromatic heterocycles. The van der Waals surface area contributed by atoms with Crippen molar-refractivity contribution < 1.29 is 0 Å². The highest BCUT2D eigenvalue weighted by molar-refractivity contribution is 5.38. The van der Waals surface area contributed by atoms with E-state index in [2.05, 4.69) is 47.1 Å². The van der Waals surface area contributed by atoms with Gasteiger partial charge in [0.2, 0.25) is 0 Å². The summed E-state index contributed by atoms with van der Waals surface area (Å²) in [6.07, 6.45) is 4.63. The summed E-state index contributed by atoms with van der Waals surface area (Å²) in [5, 5.41) is 3.45. The number of rotatable bonds is 5. The second-order valence-corrected chi connectivity index (χ2v) is 5.49. The normalized spacial score (nSPS) is 12.4. The number of hydrogen-bond acceptors (Lipinski definition) is 4. The van der Waals surface area contributed by atoms with E-state index >= 15 is 0 Å². The Balaban J connectivity index is 2.06. The Morgan fingerprint density at radius 1 is 1.20 bits per heavy atom. The maximum absolute atomic E-state index is 4.46. The lowest BCUT2D eigenvalue weighted by atomic mass is 10.1. The molecule has 4 nitrogen and oxygen atoms in total. The standard InChI is InChI=1S/C16H22N4/c1-11(2)15-9-16(20-13(4)19-15)18-12(3)8-14-6-5-7-17-10-14/h5-7,9-12H,8H2,1-4H3,(H,18,19,20)/t12-/m0/s1. The van der Waals surface area contributed by atoms with Crippen molar-refractivity contribution in [3.63, 3.8) is 0 Å². The molecule has 1 N–H and O–H groups in total. The van der Waals surface area contributed by atoms with Gasteiger partial charge in [-0.05, 0) is 37.8 Å². The maximum atomic E-state index is 4.46. The van der Waals surface area contributed by atoms with Gasteiger partial charge >= 0.3 is 0 Å². The van der Waals surface area contributed by atoms with Gasteiger partial charge in [-0.1, -0.05) is 19.9 Å². The van der Waals surface area contributed by atoms with Crippen LogP contribution in [0.2, 0.25) is 0 Å². The molecule has 20 heavy (non-hydrogen) atoms. The molecule has 0 aliphatic carbocycles.